The maximum Gasteiger partial charge on any atom is 0.400 e. The van der Waals surface area contributed by atoms with Crippen LogP contribution in [-0.2, 0) is 23.3 Å². The quantitative estimate of drug-likeness (QED) is 0.482. The molecule has 0 radical (unpaired) electrons. The monoisotopic (exact) mass is 493 g/mol. The highest BCUT2D eigenvalue weighted by Crippen LogP contribution is 2.41. The summed E-state index contributed by atoms with van der Waals surface area (Å²) in [5.74, 6) is -3.94. The Kier molecular flexibility index (Phi) is 6.51. The lowest BCUT2D eigenvalue weighted by molar-refractivity contribution is -0.283. The van der Waals surface area contributed by atoms with Crippen molar-refractivity contribution in [1.82, 2.24) is 24.5 Å². The van der Waals surface area contributed by atoms with Crippen molar-refractivity contribution < 1.29 is 34.8 Å². The third-order valence-corrected chi connectivity index (χ3v) is 6.63. The van der Waals surface area contributed by atoms with Gasteiger partial charge >= 0.3 is 12.4 Å². The molecule has 33 heavy (non-hydrogen) atoms. The molecule has 178 valence electrons. The molecular weight excluding hydrogens is 476 g/mol. The van der Waals surface area contributed by atoms with Gasteiger partial charge < -0.3 is 4.57 Å². The second-order valence-electron chi connectivity index (χ2n) is 7.02. The average Bonchev–Trinajstić information content (AvgIpc) is 3.10. The Morgan fingerprint density at radius 2 is 1.58 bits per heavy atom. The van der Waals surface area contributed by atoms with Gasteiger partial charge in [-0.2, -0.15) is 26.3 Å². The van der Waals surface area contributed by atoms with Gasteiger partial charge in [-0.05, 0) is 12.1 Å². The van der Waals surface area contributed by atoms with E-state index in [-0.39, 0.29) is 39.2 Å². The van der Waals surface area contributed by atoms with Crippen LogP contribution in [0.4, 0.5) is 26.3 Å². The summed E-state index contributed by atoms with van der Waals surface area (Å²) in [6.45, 7) is 1.38. The number of imidazole rings is 1. The molecule has 0 spiro atoms. The van der Waals surface area contributed by atoms with Crippen LogP contribution in [0.3, 0.4) is 0 Å². The molecule has 0 N–H and O–H groups in total. The van der Waals surface area contributed by atoms with Gasteiger partial charge in [0.05, 0.1) is 10.6 Å². The predicted octanol–water partition coefficient (Wildman–Crippen LogP) is 4.02. The highest BCUT2D eigenvalue weighted by atomic mass is 32.2. The number of hydrogen-bond donors (Lipinski definition) is 0. The normalized spacial score (nSPS) is 13.0. The van der Waals surface area contributed by atoms with Crippen LogP contribution in [0.5, 0.6) is 0 Å². The highest BCUT2D eigenvalue weighted by molar-refractivity contribution is 7.91. The van der Waals surface area contributed by atoms with Crippen LogP contribution in [0.2, 0.25) is 0 Å². The Morgan fingerprint density at radius 3 is 2.12 bits per heavy atom. The Bertz CT molecular complexity index is 1230. The van der Waals surface area contributed by atoms with Gasteiger partial charge in [-0.1, -0.05) is 6.92 Å². The maximum atomic E-state index is 13.0. The molecule has 0 aliphatic heterocycles. The summed E-state index contributed by atoms with van der Waals surface area (Å²) in [6.07, 6.45) is -7.48. The van der Waals surface area contributed by atoms with Gasteiger partial charge in [-0.3, -0.25) is 4.98 Å². The summed E-state index contributed by atoms with van der Waals surface area (Å²) in [4.78, 5) is 15.7. The summed E-state index contributed by atoms with van der Waals surface area (Å²) >= 11 is 0. The van der Waals surface area contributed by atoms with Gasteiger partial charge in [0.2, 0.25) is 0 Å². The Morgan fingerprint density at radius 1 is 0.970 bits per heavy atom. The van der Waals surface area contributed by atoms with Gasteiger partial charge in [0, 0.05) is 49.5 Å². The molecule has 0 amide bonds. The molecule has 0 bridgehead atoms. The Labute approximate surface area is 184 Å². The summed E-state index contributed by atoms with van der Waals surface area (Å²) in [5, 5.41) is 0. The van der Waals surface area contributed by atoms with Crippen LogP contribution in [0, 0.1) is 5.92 Å². The Hall–Kier alpha value is -3.03. The van der Waals surface area contributed by atoms with Crippen LogP contribution < -0.4 is 0 Å². The Balaban J connectivity index is 2.11. The molecule has 3 aromatic heterocycles. The van der Waals surface area contributed by atoms with Gasteiger partial charge in [0.15, 0.2) is 27.4 Å². The summed E-state index contributed by atoms with van der Waals surface area (Å²) in [7, 11) is -2.72. The number of nitrogens with zero attached hydrogens (tertiary/aromatic N) is 5. The molecule has 3 aromatic rings. The molecule has 0 aromatic carbocycles. The first-order valence-electron chi connectivity index (χ1n) is 9.40. The molecule has 0 saturated carbocycles. The number of alkyl halides is 6. The lowest BCUT2D eigenvalue weighted by Gasteiger charge is -2.23. The van der Waals surface area contributed by atoms with Gasteiger partial charge in [0.1, 0.15) is 5.69 Å². The van der Waals surface area contributed by atoms with Crippen molar-refractivity contribution in [3.63, 3.8) is 0 Å². The van der Waals surface area contributed by atoms with E-state index < -0.39 is 34.5 Å². The average molecular weight is 493 g/mol. The number of aromatic nitrogens is 5. The zero-order valence-electron chi connectivity index (χ0n) is 17.2. The van der Waals surface area contributed by atoms with E-state index in [0.717, 1.165) is 10.8 Å². The van der Waals surface area contributed by atoms with Crippen LogP contribution >= 0.6 is 0 Å². The van der Waals surface area contributed by atoms with Crippen molar-refractivity contribution >= 4 is 9.84 Å². The SMILES string of the molecule is CCS(=O)(=O)c1cc(-c2ncccn2)cnc1-c1ncc(CC(C(F)(F)F)C(F)(F)F)n1C. The third kappa shape index (κ3) is 5.15. The molecule has 14 heteroatoms. The first-order valence-corrected chi connectivity index (χ1v) is 11.1. The van der Waals surface area contributed by atoms with Crippen molar-refractivity contribution in [2.24, 2.45) is 13.0 Å². The fourth-order valence-corrected chi connectivity index (χ4v) is 4.11. The van der Waals surface area contributed by atoms with Gasteiger partial charge in [0.25, 0.3) is 0 Å². The molecule has 3 heterocycles. The molecular formula is C19H17F6N5O2S. The number of pyridine rings is 1. The van der Waals surface area contributed by atoms with Gasteiger partial charge in [-0.25, -0.2) is 23.4 Å². The van der Waals surface area contributed by atoms with E-state index >= 15 is 0 Å². The standard InChI is InChI=1S/C19H17F6N5O2S/c1-3-33(31,32)13-7-11(16-26-5-4-6-27-16)9-28-15(13)17-29-10-12(30(17)2)8-14(18(20,21)22)19(23,24)25/h4-7,9-10,14H,3,8H2,1-2H3. The fourth-order valence-electron chi connectivity index (χ4n) is 3.06. The topological polar surface area (TPSA) is 90.6 Å². The molecule has 0 atom stereocenters. The van der Waals surface area contributed by atoms with E-state index in [1.807, 2.05) is 0 Å². The molecule has 0 aliphatic carbocycles. The van der Waals surface area contributed by atoms with E-state index in [0.29, 0.717) is 0 Å². The van der Waals surface area contributed by atoms with Crippen molar-refractivity contribution in [3.05, 3.63) is 42.6 Å². The molecule has 3 rings (SSSR count). The minimum atomic E-state index is -5.52. The molecule has 0 aliphatic rings. The second-order valence-corrected chi connectivity index (χ2v) is 9.27. The number of hydrogen-bond acceptors (Lipinski definition) is 6. The van der Waals surface area contributed by atoms with Gasteiger partial charge in [-0.15, -0.1) is 0 Å². The van der Waals surface area contributed by atoms with Crippen LogP contribution in [0.25, 0.3) is 22.9 Å². The van der Waals surface area contributed by atoms with Crippen LogP contribution in [0.1, 0.15) is 12.6 Å². The zero-order chi connectivity index (χ0) is 24.6. The summed E-state index contributed by atoms with van der Waals surface area (Å²) in [6, 6.07) is 2.80. The lowest BCUT2D eigenvalue weighted by atomic mass is 10.0. The van der Waals surface area contributed by atoms with Crippen LogP contribution in [-0.4, -0.2) is 51.0 Å². The van der Waals surface area contributed by atoms with E-state index in [2.05, 4.69) is 19.9 Å². The minimum Gasteiger partial charge on any atom is -0.330 e. The summed E-state index contributed by atoms with van der Waals surface area (Å²) in [5.41, 5.74) is -0.336. The molecule has 0 saturated heterocycles. The number of halogens is 6. The number of sulfone groups is 1. The molecule has 0 unspecified atom stereocenters. The highest BCUT2D eigenvalue weighted by Gasteiger charge is 2.56. The number of rotatable bonds is 6. The van der Waals surface area contributed by atoms with Crippen molar-refractivity contribution in [2.45, 2.75) is 30.6 Å². The summed E-state index contributed by atoms with van der Waals surface area (Å²) < 4.78 is 104. The maximum absolute atomic E-state index is 13.0. The first kappa shape index (κ1) is 24.6. The first-order chi connectivity index (χ1) is 15.3. The van der Waals surface area contributed by atoms with E-state index in [1.165, 1.54) is 38.6 Å². The van der Waals surface area contributed by atoms with E-state index in [9.17, 15) is 34.8 Å². The smallest absolute Gasteiger partial charge is 0.330 e. The largest absolute Gasteiger partial charge is 0.400 e. The zero-order valence-corrected chi connectivity index (χ0v) is 18.0. The van der Waals surface area contributed by atoms with E-state index in [1.54, 1.807) is 6.07 Å². The second kappa shape index (κ2) is 8.72. The molecule has 7 nitrogen and oxygen atoms in total. The van der Waals surface area contributed by atoms with E-state index in [4.69, 9.17) is 0 Å². The van der Waals surface area contributed by atoms with Crippen molar-refractivity contribution in [1.29, 1.82) is 0 Å². The van der Waals surface area contributed by atoms with Crippen LogP contribution in [0.15, 0.2) is 41.8 Å². The third-order valence-electron chi connectivity index (χ3n) is 4.89. The fraction of sp³-hybridized carbons (Fsp3) is 0.368. The minimum absolute atomic E-state index is 0.183. The molecule has 0 fully saturated rings. The van der Waals surface area contributed by atoms with Crippen molar-refractivity contribution in [2.75, 3.05) is 5.75 Å². The lowest BCUT2D eigenvalue weighted by Crippen LogP contribution is -2.38. The predicted molar refractivity (Wildman–Crippen MR) is 104 cm³/mol. The van der Waals surface area contributed by atoms with Crippen molar-refractivity contribution in [3.8, 4) is 22.9 Å².